The maximum absolute atomic E-state index is 13.6. The van der Waals surface area contributed by atoms with Crippen molar-refractivity contribution in [1.82, 2.24) is 14.7 Å². The van der Waals surface area contributed by atoms with E-state index < -0.39 is 17.7 Å². The van der Waals surface area contributed by atoms with Crippen LogP contribution in [0.2, 0.25) is 0 Å². The number of nitrogens with zero attached hydrogens (tertiary/aromatic N) is 3. The molecule has 0 aromatic heterocycles. The lowest BCUT2D eigenvalue weighted by atomic mass is 9.91. The normalized spacial score (nSPS) is 15.9. The second kappa shape index (κ2) is 13.8. The van der Waals surface area contributed by atoms with E-state index in [1.54, 1.807) is 29.2 Å². The highest BCUT2D eigenvalue weighted by atomic mass is 16.6. The Morgan fingerprint density at radius 1 is 0.787 bits per heavy atom. The van der Waals surface area contributed by atoms with Gasteiger partial charge >= 0.3 is 6.09 Å². The number of rotatable bonds is 10. The molecule has 2 aliphatic heterocycles. The van der Waals surface area contributed by atoms with Gasteiger partial charge in [-0.2, -0.15) is 0 Å². The Kier molecular flexibility index (Phi) is 9.41. The summed E-state index contributed by atoms with van der Waals surface area (Å²) in [5.41, 5.74) is 4.30. The molecule has 2 aliphatic rings. The van der Waals surface area contributed by atoms with Crippen molar-refractivity contribution in [2.24, 2.45) is 0 Å². The van der Waals surface area contributed by atoms with Crippen LogP contribution in [0.4, 0.5) is 4.79 Å². The summed E-state index contributed by atoms with van der Waals surface area (Å²) in [5, 5.41) is 0. The third-order valence-electron chi connectivity index (χ3n) is 8.51. The fourth-order valence-electron chi connectivity index (χ4n) is 6.35. The third-order valence-corrected chi connectivity index (χ3v) is 8.51. The van der Waals surface area contributed by atoms with Crippen LogP contribution < -0.4 is 4.74 Å². The molecule has 6 rings (SSSR count). The van der Waals surface area contributed by atoms with E-state index in [1.807, 2.05) is 75.4 Å². The summed E-state index contributed by atoms with van der Waals surface area (Å²) < 4.78 is 12.4. The molecule has 1 atom stereocenters. The van der Waals surface area contributed by atoms with Crippen LogP contribution in [0, 0.1) is 0 Å². The standard InChI is InChI=1S/C39H41N3O5/c1-39(2,3)47-38(45)41-22-21-30-17-12-20-34(35(30)33(41)27-42-36(43)31-18-10-11-19-32(31)37(42)44)46-24-23-40(25-28-13-6-4-7-14-28)26-29-15-8-5-9-16-29/h4-20,33H,21-27H2,1-3H3. The van der Waals surface area contributed by atoms with Gasteiger partial charge in [-0.05, 0) is 62.1 Å². The second-order valence-corrected chi connectivity index (χ2v) is 13.1. The highest BCUT2D eigenvalue weighted by Gasteiger charge is 2.42. The molecule has 47 heavy (non-hydrogen) atoms. The van der Waals surface area contributed by atoms with Crippen LogP contribution in [0.15, 0.2) is 103 Å². The molecule has 0 N–H and O–H groups in total. The molecule has 4 aromatic rings. The van der Waals surface area contributed by atoms with E-state index in [0.29, 0.717) is 43.0 Å². The van der Waals surface area contributed by atoms with Gasteiger partial charge in [-0.25, -0.2) is 4.79 Å². The number of hydrogen-bond acceptors (Lipinski definition) is 6. The van der Waals surface area contributed by atoms with Crippen LogP contribution in [0.3, 0.4) is 0 Å². The highest BCUT2D eigenvalue weighted by Crippen LogP contribution is 2.39. The summed E-state index contributed by atoms with van der Waals surface area (Å²) in [4.78, 5) is 45.8. The van der Waals surface area contributed by atoms with Crippen molar-refractivity contribution in [3.8, 4) is 5.75 Å². The number of benzene rings is 4. The molecule has 0 spiro atoms. The van der Waals surface area contributed by atoms with Gasteiger partial charge in [-0.1, -0.05) is 84.9 Å². The van der Waals surface area contributed by atoms with E-state index in [2.05, 4.69) is 29.2 Å². The fraction of sp³-hybridized carbons (Fsp3) is 0.308. The molecular weight excluding hydrogens is 590 g/mol. The molecule has 0 radical (unpaired) electrons. The molecule has 4 aromatic carbocycles. The zero-order valence-electron chi connectivity index (χ0n) is 27.2. The minimum Gasteiger partial charge on any atom is -0.492 e. The number of hydrogen-bond donors (Lipinski definition) is 0. The van der Waals surface area contributed by atoms with Crippen LogP contribution in [0.1, 0.15) is 69.8 Å². The molecule has 242 valence electrons. The summed E-state index contributed by atoms with van der Waals surface area (Å²) in [6.45, 7) is 8.46. The Labute approximate surface area is 276 Å². The zero-order chi connectivity index (χ0) is 33.0. The molecule has 8 nitrogen and oxygen atoms in total. The topological polar surface area (TPSA) is 79.4 Å². The van der Waals surface area contributed by atoms with Gasteiger partial charge in [0, 0.05) is 31.7 Å². The highest BCUT2D eigenvalue weighted by molar-refractivity contribution is 6.21. The largest absolute Gasteiger partial charge is 0.492 e. The molecule has 1 unspecified atom stereocenters. The summed E-state index contributed by atoms with van der Waals surface area (Å²) in [5.74, 6) is -0.0906. The molecule has 2 heterocycles. The van der Waals surface area contributed by atoms with Crippen molar-refractivity contribution in [1.29, 1.82) is 0 Å². The molecule has 0 fully saturated rings. The predicted molar refractivity (Wildman–Crippen MR) is 180 cm³/mol. The number of carbonyl (C=O) groups is 3. The molecule has 0 saturated heterocycles. The number of carbonyl (C=O) groups excluding carboxylic acids is 3. The van der Waals surface area contributed by atoms with Gasteiger partial charge in [0.2, 0.25) is 0 Å². The number of ether oxygens (including phenoxy) is 2. The fourth-order valence-corrected chi connectivity index (χ4v) is 6.35. The second-order valence-electron chi connectivity index (χ2n) is 13.1. The van der Waals surface area contributed by atoms with Gasteiger partial charge in [0.15, 0.2) is 0 Å². The van der Waals surface area contributed by atoms with Crippen LogP contribution in [0.5, 0.6) is 5.75 Å². The summed E-state index contributed by atoms with van der Waals surface area (Å²) in [7, 11) is 0. The van der Waals surface area contributed by atoms with Crippen LogP contribution in [0.25, 0.3) is 0 Å². The van der Waals surface area contributed by atoms with Crippen molar-refractivity contribution in [3.63, 3.8) is 0 Å². The lowest BCUT2D eigenvalue weighted by molar-refractivity contribution is 0.00950. The first-order valence-corrected chi connectivity index (χ1v) is 16.2. The maximum Gasteiger partial charge on any atom is 0.410 e. The van der Waals surface area contributed by atoms with E-state index in [9.17, 15) is 14.4 Å². The molecule has 0 saturated carbocycles. The summed E-state index contributed by atoms with van der Waals surface area (Å²) in [6, 6.07) is 32.8. The van der Waals surface area contributed by atoms with Gasteiger partial charge in [0.1, 0.15) is 18.0 Å². The first-order valence-electron chi connectivity index (χ1n) is 16.2. The molecule has 0 bridgehead atoms. The smallest absolute Gasteiger partial charge is 0.410 e. The minimum atomic E-state index is -0.714. The van der Waals surface area contributed by atoms with Crippen molar-refractivity contribution in [2.45, 2.75) is 51.9 Å². The average Bonchev–Trinajstić information content (AvgIpc) is 3.29. The minimum absolute atomic E-state index is 0.00684. The van der Waals surface area contributed by atoms with Crippen LogP contribution >= 0.6 is 0 Å². The SMILES string of the molecule is CC(C)(C)OC(=O)N1CCc2cccc(OCCN(Cc3ccccc3)Cc3ccccc3)c2C1CN1C(=O)c2ccccc2C1=O. The lowest BCUT2D eigenvalue weighted by Crippen LogP contribution is -2.48. The van der Waals surface area contributed by atoms with Gasteiger partial charge in [-0.15, -0.1) is 0 Å². The molecular formula is C39H41N3O5. The van der Waals surface area contributed by atoms with Crippen LogP contribution in [-0.2, 0) is 24.2 Å². The Morgan fingerprint density at radius 3 is 1.94 bits per heavy atom. The molecule has 8 heteroatoms. The Balaban J connectivity index is 1.27. The van der Waals surface area contributed by atoms with E-state index in [4.69, 9.17) is 9.47 Å². The van der Waals surface area contributed by atoms with Crippen LogP contribution in [-0.4, -0.2) is 64.4 Å². The van der Waals surface area contributed by atoms with E-state index in [1.165, 1.54) is 16.0 Å². The van der Waals surface area contributed by atoms with Crippen molar-refractivity contribution < 1.29 is 23.9 Å². The van der Waals surface area contributed by atoms with E-state index in [-0.39, 0.29) is 18.4 Å². The number of fused-ring (bicyclic) bond motifs is 2. The molecule has 0 aliphatic carbocycles. The Morgan fingerprint density at radius 2 is 1.36 bits per heavy atom. The van der Waals surface area contributed by atoms with Gasteiger partial charge < -0.3 is 9.47 Å². The van der Waals surface area contributed by atoms with Crippen molar-refractivity contribution in [2.75, 3.05) is 26.2 Å². The summed E-state index contributed by atoms with van der Waals surface area (Å²) in [6.07, 6.45) is 0.106. The predicted octanol–water partition coefficient (Wildman–Crippen LogP) is 6.90. The average molecular weight is 632 g/mol. The zero-order valence-corrected chi connectivity index (χ0v) is 27.2. The van der Waals surface area contributed by atoms with Gasteiger partial charge in [-0.3, -0.25) is 24.3 Å². The third kappa shape index (κ3) is 7.39. The van der Waals surface area contributed by atoms with E-state index in [0.717, 1.165) is 24.2 Å². The first-order chi connectivity index (χ1) is 22.7. The Hall–Kier alpha value is -4.95. The first kappa shape index (κ1) is 32.0. The lowest BCUT2D eigenvalue weighted by Gasteiger charge is -2.40. The Bertz CT molecular complexity index is 1660. The van der Waals surface area contributed by atoms with Crippen molar-refractivity contribution >= 4 is 17.9 Å². The molecule has 3 amide bonds. The quantitative estimate of drug-likeness (QED) is 0.177. The maximum atomic E-state index is 13.6. The number of amides is 3. The van der Waals surface area contributed by atoms with E-state index >= 15 is 0 Å². The van der Waals surface area contributed by atoms with Gasteiger partial charge in [0.25, 0.3) is 11.8 Å². The number of imide groups is 1. The van der Waals surface area contributed by atoms with Gasteiger partial charge in [0.05, 0.1) is 23.7 Å². The monoisotopic (exact) mass is 631 g/mol. The van der Waals surface area contributed by atoms with Crippen molar-refractivity contribution in [3.05, 3.63) is 137 Å². The summed E-state index contributed by atoms with van der Waals surface area (Å²) >= 11 is 0.